The van der Waals surface area contributed by atoms with E-state index < -0.39 is 0 Å². The summed E-state index contributed by atoms with van der Waals surface area (Å²) in [6, 6.07) is 6.01. The molecule has 0 spiro atoms. The number of nitrogens with zero attached hydrogens (tertiary/aromatic N) is 2. The van der Waals surface area contributed by atoms with E-state index in [9.17, 15) is 0 Å². The Labute approximate surface area is 98.7 Å². The second-order valence-electron chi connectivity index (χ2n) is 4.56. The van der Waals surface area contributed by atoms with Gasteiger partial charge in [-0.05, 0) is 32.0 Å². The lowest BCUT2D eigenvalue weighted by molar-refractivity contribution is 0.226. The SMILES string of the molecule is CCC(N)(CC)CN(C)Cc1ccccn1. The molecule has 0 radical (unpaired) electrons. The van der Waals surface area contributed by atoms with Gasteiger partial charge in [0.1, 0.15) is 0 Å². The number of nitrogens with two attached hydrogens (primary N) is 1. The summed E-state index contributed by atoms with van der Waals surface area (Å²) in [5, 5.41) is 0. The fourth-order valence-corrected chi connectivity index (χ4v) is 1.84. The molecular formula is C13H23N3. The first-order valence-electron chi connectivity index (χ1n) is 5.97. The molecule has 16 heavy (non-hydrogen) atoms. The molecule has 1 aromatic rings. The third kappa shape index (κ3) is 3.91. The van der Waals surface area contributed by atoms with Gasteiger partial charge in [0.15, 0.2) is 0 Å². The molecule has 2 N–H and O–H groups in total. The first-order chi connectivity index (χ1) is 7.59. The van der Waals surface area contributed by atoms with Crippen LogP contribution in [0.2, 0.25) is 0 Å². The van der Waals surface area contributed by atoms with Crippen LogP contribution in [0.1, 0.15) is 32.4 Å². The molecular weight excluding hydrogens is 198 g/mol. The quantitative estimate of drug-likeness (QED) is 0.799. The molecule has 1 aromatic heterocycles. The molecule has 0 aliphatic carbocycles. The summed E-state index contributed by atoms with van der Waals surface area (Å²) in [7, 11) is 2.10. The molecule has 0 aliphatic rings. The van der Waals surface area contributed by atoms with E-state index in [1.165, 1.54) is 0 Å². The third-order valence-electron chi connectivity index (χ3n) is 3.15. The summed E-state index contributed by atoms with van der Waals surface area (Å²) >= 11 is 0. The Hall–Kier alpha value is -0.930. The molecule has 0 fully saturated rings. The van der Waals surface area contributed by atoms with Crippen LogP contribution in [-0.4, -0.2) is 29.0 Å². The van der Waals surface area contributed by atoms with Crippen molar-refractivity contribution >= 4 is 0 Å². The number of aromatic nitrogens is 1. The fourth-order valence-electron chi connectivity index (χ4n) is 1.84. The maximum Gasteiger partial charge on any atom is 0.0543 e. The van der Waals surface area contributed by atoms with Crippen LogP contribution in [0.4, 0.5) is 0 Å². The highest BCUT2D eigenvalue weighted by atomic mass is 15.1. The van der Waals surface area contributed by atoms with Crippen molar-refractivity contribution in [1.82, 2.24) is 9.88 Å². The Balaban J connectivity index is 2.50. The van der Waals surface area contributed by atoms with Gasteiger partial charge in [-0.2, -0.15) is 0 Å². The zero-order chi connectivity index (χ0) is 12.0. The molecule has 0 aromatic carbocycles. The highest BCUT2D eigenvalue weighted by molar-refractivity contribution is 5.03. The second-order valence-corrected chi connectivity index (χ2v) is 4.56. The van der Waals surface area contributed by atoms with Crippen LogP contribution in [0.25, 0.3) is 0 Å². The van der Waals surface area contributed by atoms with Gasteiger partial charge in [0, 0.05) is 24.8 Å². The van der Waals surface area contributed by atoms with Crippen molar-refractivity contribution in [1.29, 1.82) is 0 Å². The van der Waals surface area contributed by atoms with E-state index in [1.807, 2.05) is 24.4 Å². The predicted molar refractivity (Wildman–Crippen MR) is 68.1 cm³/mol. The van der Waals surface area contributed by atoms with E-state index in [0.717, 1.165) is 31.6 Å². The molecule has 3 nitrogen and oxygen atoms in total. The Kier molecular flexibility index (Phi) is 4.90. The molecule has 0 unspecified atom stereocenters. The summed E-state index contributed by atoms with van der Waals surface area (Å²) in [5.41, 5.74) is 7.32. The van der Waals surface area contributed by atoms with E-state index in [-0.39, 0.29) is 5.54 Å². The standard InChI is InChI=1S/C13H23N3/c1-4-13(14,5-2)11-16(3)10-12-8-6-7-9-15-12/h6-9H,4-5,10-11,14H2,1-3H3. The van der Waals surface area contributed by atoms with Gasteiger partial charge in [-0.3, -0.25) is 9.88 Å². The van der Waals surface area contributed by atoms with Crippen molar-refractivity contribution in [3.05, 3.63) is 30.1 Å². The Morgan fingerprint density at radius 3 is 2.50 bits per heavy atom. The summed E-state index contributed by atoms with van der Waals surface area (Å²) in [6.45, 7) is 6.08. The summed E-state index contributed by atoms with van der Waals surface area (Å²) in [5.74, 6) is 0. The van der Waals surface area contributed by atoms with Gasteiger partial charge in [0.05, 0.1) is 5.69 Å². The lowest BCUT2D eigenvalue weighted by Crippen LogP contribution is -2.48. The highest BCUT2D eigenvalue weighted by Gasteiger charge is 2.22. The lowest BCUT2D eigenvalue weighted by atomic mass is 9.94. The van der Waals surface area contributed by atoms with Crippen molar-refractivity contribution in [2.45, 2.75) is 38.8 Å². The minimum absolute atomic E-state index is 0.0659. The average molecular weight is 221 g/mol. The van der Waals surface area contributed by atoms with Gasteiger partial charge < -0.3 is 5.73 Å². The molecule has 3 heteroatoms. The van der Waals surface area contributed by atoms with Crippen LogP contribution < -0.4 is 5.73 Å². The Morgan fingerprint density at radius 2 is 2.00 bits per heavy atom. The minimum Gasteiger partial charge on any atom is -0.324 e. The van der Waals surface area contributed by atoms with Crippen LogP contribution in [-0.2, 0) is 6.54 Å². The number of likely N-dealkylation sites (N-methyl/N-ethyl adjacent to an activating group) is 1. The van der Waals surface area contributed by atoms with Crippen LogP contribution in [0.5, 0.6) is 0 Å². The number of hydrogen-bond acceptors (Lipinski definition) is 3. The topological polar surface area (TPSA) is 42.1 Å². The van der Waals surface area contributed by atoms with Crippen LogP contribution in [0, 0.1) is 0 Å². The van der Waals surface area contributed by atoms with E-state index in [1.54, 1.807) is 0 Å². The zero-order valence-corrected chi connectivity index (χ0v) is 10.6. The van der Waals surface area contributed by atoms with Gasteiger partial charge in [-0.1, -0.05) is 19.9 Å². The number of hydrogen-bond donors (Lipinski definition) is 1. The second kappa shape index (κ2) is 5.97. The van der Waals surface area contributed by atoms with Gasteiger partial charge >= 0.3 is 0 Å². The molecule has 0 amide bonds. The first kappa shape index (κ1) is 13.1. The Bertz CT molecular complexity index is 293. The summed E-state index contributed by atoms with van der Waals surface area (Å²) < 4.78 is 0. The lowest BCUT2D eigenvalue weighted by Gasteiger charge is -2.31. The van der Waals surface area contributed by atoms with Gasteiger partial charge in [0.25, 0.3) is 0 Å². The maximum atomic E-state index is 6.29. The fraction of sp³-hybridized carbons (Fsp3) is 0.615. The van der Waals surface area contributed by atoms with Crippen molar-refractivity contribution in [3.8, 4) is 0 Å². The van der Waals surface area contributed by atoms with Crippen LogP contribution in [0.15, 0.2) is 24.4 Å². The molecule has 0 bridgehead atoms. The minimum atomic E-state index is -0.0659. The molecule has 0 saturated heterocycles. The molecule has 0 saturated carbocycles. The molecule has 0 atom stereocenters. The third-order valence-corrected chi connectivity index (χ3v) is 3.15. The van der Waals surface area contributed by atoms with Crippen molar-refractivity contribution < 1.29 is 0 Å². The van der Waals surface area contributed by atoms with Crippen molar-refractivity contribution in [2.75, 3.05) is 13.6 Å². The van der Waals surface area contributed by atoms with E-state index >= 15 is 0 Å². The van der Waals surface area contributed by atoms with Crippen LogP contribution >= 0.6 is 0 Å². The number of rotatable bonds is 6. The summed E-state index contributed by atoms with van der Waals surface area (Å²) in [4.78, 5) is 6.56. The molecule has 1 heterocycles. The normalized spacial score (nSPS) is 12.1. The molecule has 90 valence electrons. The van der Waals surface area contributed by atoms with E-state index in [2.05, 4.69) is 30.8 Å². The zero-order valence-electron chi connectivity index (χ0n) is 10.6. The van der Waals surface area contributed by atoms with E-state index in [4.69, 9.17) is 5.73 Å². The monoisotopic (exact) mass is 221 g/mol. The average Bonchev–Trinajstić information content (AvgIpc) is 2.30. The van der Waals surface area contributed by atoms with Gasteiger partial charge in [0.2, 0.25) is 0 Å². The first-order valence-corrected chi connectivity index (χ1v) is 5.97. The van der Waals surface area contributed by atoms with Crippen LogP contribution in [0.3, 0.4) is 0 Å². The van der Waals surface area contributed by atoms with Gasteiger partial charge in [-0.15, -0.1) is 0 Å². The van der Waals surface area contributed by atoms with Gasteiger partial charge in [-0.25, -0.2) is 0 Å². The van der Waals surface area contributed by atoms with Crippen molar-refractivity contribution in [2.24, 2.45) is 5.73 Å². The predicted octanol–water partition coefficient (Wildman–Crippen LogP) is 2.03. The smallest absolute Gasteiger partial charge is 0.0543 e. The Morgan fingerprint density at radius 1 is 1.31 bits per heavy atom. The van der Waals surface area contributed by atoms with Crippen molar-refractivity contribution in [3.63, 3.8) is 0 Å². The largest absolute Gasteiger partial charge is 0.324 e. The van der Waals surface area contributed by atoms with E-state index in [0.29, 0.717) is 0 Å². The molecule has 0 aliphatic heterocycles. The summed E-state index contributed by atoms with van der Waals surface area (Å²) in [6.07, 6.45) is 3.85. The maximum absolute atomic E-state index is 6.29. The highest BCUT2D eigenvalue weighted by Crippen LogP contribution is 2.13. The molecule has 1 rings (SSSR count). The number of pyridine rings is 1.